The second-order valence-corrected chi connectivity index (χ2v) is 25.8. The lowest BCUT2D eigenvalue weighted by atomic mass is 9.91. The van der Waals surface area contributed by atoms with E-state index < -0.39 is 138 Å². The van der Waals surface area contributed by atoms with E-state index in [2.05, 4.69) is 16.0 Å². The maximum Gasteiger partial charge on any atom is 0.246 e. The Morgan fingerprint density at radius 2 is 0.882 bits per heavy atom. The summed E-state index contributed by atoms with van der Waals surface area (Å²) in [6.45, 7) is 31.5. The molecule has 23 nitrogen and oxygen atoms in total. The summed E-state index contributed by atoms with van der Waals surface area (Å²) in [6.07, 6.45) is 3.11. The van der Waals surface area contributed by atoms with Crippen molar-refractivity contribution in [2.45, 2.75) is 217 Å². The first-order chi connectivity index (χ1) is 39.1. The van der Waals surface area contributed by atoms with E-state index in [0.717, 1.165) is 9.80 Å². The molecule has 0 fully saturated rings. The Kier molecular flexibility index (Phi) is 33.5. The van der Waals surface area contributed by atoms with Crippen LogP contribution in [0.5, 0.6) is 0 Å². The number of nitrogens with zero attached hydrogens (tertiary/aromatic N) is 7. The minimum absolute atomic E-state index is 0.0382. The topological polar surface area (TPSA) is 293 Å². The maximum atomic E-state index is 15.1. The van der Waals surface area contributed by atoms with Gasteiger partial charge in [0.15, 0.2) is 0 Å². The van der Waals surface area contributed by atoms with Crippen molar-refractivity contribution in [1.82, 2.24) is 50.2 Å². The lowest BCUT2D eigenvalue weighted by Crippen LogP contribution is -2.63. The van der Waals surface area contributed by atoms with Crippen molar-refractivity contribution in [3.05, 3.63) is 12.2 Å². The van der Waals surface area contributed by atoms with E-state index in [-0.39, 0.29) is 60.7 Å². The minimum atomic E-state index is -1.60. The van der Waals surface area contributed by atoms with Crippen molar-refractivity contribution in [2.24, 2.45) is 53.1 Å². The molecule has 0 saturated carbocycles. The van der Waals surface area contributed by atoms with Crippen molar-refractivity contribution in [2.75, 3.05) is 55.9 Å². The quantitative estimate of drug-likeness (QED) is 0.0570. The molecule has 0 aromatic heterocycles. The molecule has 0 spiro atoms. The van der Waals surface area contributed by atoms with E-state index in [4.69, 9.17) is 5.73 Å². The average molecular weight is 1200 g/mol. The summed E-state index contributed by atoms with van der Waals surface area (Å²) in [7, 11) is 10.0. The Balaban J connectivity index is 7.06. The molecule has 23 heteroatoms. The maximum absolute atomic E-state index is 15.1. The molecule has 0 aliphatic carbocycles. The fourth-order valence-corrected chi connectivity index (χ4v) is 10.4. The molecule has 11 amide bonds. The number of amides is 11. The molecule has 0 rings (SSSR count). The van der Waals surface area contributed by atoms with E-state index in [1.165, 1.54) is 80.6 Å². The van der Waals surface area contributed by atoms with Crippen molar-refractivity contribution >= 4 is 65.0 Å². The summed E-state index contributed by atoms with van der Waals surface area (Å²) in [6, 6.07) is -10.5. The fourth-order valence-electron chi connectivity index (χ4n) is 10.4. The van der Waals surface area contributed by atoms with Gasteiger partial charge in [-0.25, -0.2) is 0 Å². The van der Waals surface area contributed by atoms with E-state index >= 15 is 9.59 Å². The number of hydrogen-bond acceptors (Lipinski definition) is 12. The number of nitrogens with one attached hydrogen (secondary N) is 3. The number of likely N-dealkylation sites (N-methyl/N-ethyl adjacent to an activating group) is 7. The van der Waals surface area contributed by atoms with E-state index in [1.807, 2.05) is 62.3 Å². The summed E-state index contributed by atoms with van der Waals surface area (Å²) in [4.78, 5) is 163. The normalized spacial score (nSPS) is 16.0. The van der Waals surface area contributed by atoms with E-state index in [0.29, 0.717) is 12.8 Å². The predicted octanol–water partition coefficient (Wildman–Crippen LogP) is 3.50. The number of rotatable bonds is 35. The molecule has 0 aliphatic heterocycles. The van der Waals surface area contributed by atoms with Crippen LogP contribution >= 0.6 is 0 Å². The van der Waals surface area contributed by atoms with Crippen LogP contribution in [-0.4, -0.2) is 221 Å². The molecule has 6 N–H and O–H groups in total. The number of carbonyl (C=O) groups is 11. The van der Waals surface area contributed by atoms with Crippen LogP contribution in [0.25, 0.3) is 0 Å². The van der Waals surface area contributed by atoms with Crippen molar-refractivity contribution in [3.8, 4) is 0 Å². The standard InChI is InChI=1S/C62H113N11O12/c1-26-28-29-40(15)52(75)51(56(79)66-44(27-2)59(82)67(19)33-48(74)71(23)49(38(11)12)53(63)76)73(25)62(85)50(39(13)14)72(24)61(84)47(32-36(7)8)70(22)60(83)46(31-35(5)6)69(21)58(81)43(18)65-54(77)42(17)64-55(78)45(30-34(3)4)68(20)57(80)41(16)37(9)10/h26,28,34-47,49-52,75H,27,29-33H2,1-25H3,(H2,63,76)(H,64,78)(H,65,77)(H,66,79)/b28-26+/t40-,41-,42-,43+,44-,45+,46-,47-,49+,50-,51?,52+/m1/s1. The first kappa shape index (κ1) is 78.9. The molecule has 0 heterocycles. The molecule has 0 aromatic rings. The highest BCUT2D eigenvalue weighted by Gasteiger charge is 2.45. The summed E-state index contributed by atoms with van der Waals surface area (Å²) in [5.74, 6) is -8.79. The van der Waals surface area contributed by atoms with E-state index in [9.17, 15) is 48.3 Å². The van der Waals surface area contributed by atoms with Gasteiger partial charge in [-0.2, -0.15) is 0 Å². The molecule has 1 unspecified atom stereocenters. The molecule has 488 valence electrons. The van der Waals surface area contributed by atoms with Gasteiger partial charge >= 0.3 is 0 Å². The van der Waals surface area contributed by atoms with Gasteiger partial charge in [-0.15, -0.1) is 0 Å². The van der Waals surface area contributed by atoms with Crippen LogP contribution in [0.4, 0.5) is 0 Å². The highest BCUT2D eigenvalue weighted by molar-refractivity contribution is 5.98. The number of allylic oxidation sites excluding steroid dienone is 2. The number of primary amides is 1. The zero-order valence-electron chi connectivity index (χ0n) is 56.4. The SMILES string of the molecule is C/C=C/C[C@@H](C)[C@H](O)C(C(=O)N[C@H](CC)C(=O)N(C)CC(=O)N(C)[C@H](C(N)=O)C(C)C)N(C)C(=O)[C@@H](C(C)C)N(C)C(=O)[C@@H](CC(C)C)N(C)C(=O)[C@@H](CC(C)C)N(C)C(=O)[C@H](C)NC(=O)[C@@H](C)NC(=O)[C@H](CC(C)C)N(C)C(=O)[C@H](C)C(C)C. The van der Waals surface area contributed by atoms with Crippen LogP contribution < -0.4 is 21.7 Å². The summed E-state index contributed by atoms with van der Waals surface area (Å²) >= 11 is 0. The molecular weight excluding hydrogens is 1090 g/mol. The van der Waals surface area contributed by atoms with Gasteiger partial charge in [0.2, 0.25) is 65.0 Å². The largest absolute Gasteiger partial charge is 0.390 e. The molecule has 0 radical (unpaired) electrons. The number of hydrogen-bond donors (Lipinski definition) is 5. The first-order valence-corrected chi connectivity index (χ1v) is 30.4. The molecular formula is C62H113N11O12. The molecule has 0 aliphatic rings. The molecule has 0 saturated heterocycles. The van der Waals surface area contributed by atoms with Gasteiger partial charge in [0.05, 0.1) is 12.6 Å². The molecule has 0 aromatic carbocycles. The third kappa shape index (κ3) is 22.9. The highest BCUT2D eigenvalue weighted by atomic mass is 16.3. The summed E-state index contributed by atoms with van der Waals surface area (Å²) in [5, 5.41) is 20.1. The smallest absolute Gasteiger partial charge is 0.246 e. The van der Waals surface area contributed by atoms with Crippen LogP contribution in [0.3, 0.4) is 0 Å². The van der Waals surface area contributed by atoms with Gasteiger partial charge < -0.3 is 61.1 Å². The van der Waals surface area contributed by atoms with Crippen LogP contribution in [0, 0.1) is 47.3 Å². The second-order valence-electron chi connectivity index (χ2n) is 25.8. The third-order valence-electron chi connectivity index (χ3n) is 16.1. The fraction of sp³-hybridized carbons (Fsp3) is 0.790. The molecule has 12 atom stereocenters. The summed E-state index contributed by atoms with van der Waals surface area (Å²) in [5.41, 5.74) is 5.58. The van der Waals surface area contributed by atoms with Gasteiger partial charge in [-0.3, -0.25) is 52.7 Å². The van der Waals surface area contributed by atoms with Gasteiger partial charge in [0.25, 0.3) is 0 Å². The second kappa shape index (κ2) is 36.1. The number of carbonyl (C=O) groups excluding carboxylic acids is 11. The minimum Gasteiger partial charge on any atom is -0.390 e. The predicted molar refractivity (Wildman–Crippen MR) is 330 cm³/mol. The monoisotopic (exact) mass is 1200 g/mol. The van der Waals surface area contributed by atoms with Crippen molar-refractivity contribution in [3.63, 3.8) is 0 Å². The number of aliphatic hydroxyl groups excluding tert-OH is 1. The third-order valence-corrected chi connectivity index (χ3v) is 16.1. The molecule has 0 bridgehead atoms. The zero-order valence-corrected chi connectivity index (χ0v) is 56.4. The Hall–Kier alpha value is -6.13. The Labute approximate surface area is 509 Å². The van der Waals surface area contributed by atoms with Crippen molar-refractivity contribution in [1.29, 1.82) is 0 Å². The van der Waals surface area contributed by atoms with Gasteiger partial charge in [-0.1, -0.05) is 116 Å². The average Bonchev–Trinajstić information content (AvgIpc) is 2.55. The Morgan fingerprint density at radius 1 is 0.459 bits per heavy atom. The highest BCUT2D eigenvalue weighted by Crippen LogP contribution is 2.25. The number of nitrogens with two attached hydrogens (primary N) is 1. The zero-order chi connectivity index (χ0) is 66.6. The van der Waals surface area contributed by atoms with Crippen LogP contribution in [0.2, 0.25) is 0 Å². The first-order valence-electron chi connectivity index (χ1n) is 30.4. The Bertz CT molecular complexity index is 2290. The summed E-state index contributed by atoms with van der Waals surface area (Å²) < 4.78 is 0. The van der Waals surface area contributed by atoms with Crippen LogP contribution in [-0.2, 0) is 52.7 Å². The van der Waals surface area contributed by atoms with Gasteiger partial charge in [0, 0.05) is 55.3 Å². The van der Waals surface area contributed by atoms with Crippen LogP contribution in [0.1, 0.15) is 157 Å². The Morgan fingerprint density at radius 3 is 1.31 bits per heavy atom. The van der Waals surface area contributed by atoms with Gasteiger partial charge in [0.1, 0.15) is 54.4 Å². The number of aliphatic hydroxyl groups is 1. The lowest BCUT2D eigenvalue weighted by molar-refractivity contribution is -0.157. The van der Waals surface area contributed by atoms with Crippen LogP contribution in [0.15, 0.2) is 12.2 Å². The van der Waals surface area contributed by atoms with Crippen molar-refractivity contribution < 1.29 is 57.8 Å². The lowest BCUT2D eigenvalue weighted by Gasteiger charge is -2.41. The molecule has 85 heavy (non-hydrogen) atoms. The van der Waals surface area contributed by atoms with E-state index in [1.54, 1.807) is 67.7 Å². The van der Waals surface area contributed by atoms with Gasteiger partial charge in [-0.05, 0) is 94.3 Å².